The summed E-state index contributed by atoms with van der Waals surface area (Å²) >= 11 is 0. The van der Waals surface area contributed by atoms with Crippen LogP contribution in [0.4, 0.5) is 0 Å². The van der Waals surface area contributed by atoms with Crippen LogP contribution in [-0.4, -0.2) is 23.5 Å². The molecule has 5 heteroatoms. The predicted octanol–water partition coefficient (Wildman–Crippen LogP) is 3.15. The lowest BCUT2D eigenvalue weighted by molar-refractivity contribution is -0.137. The predicted molar refractivity (Wildman–Crippen MR) is 80.3 cm³/mol. The third-order valence-corrected chi connectivity index (χ3v) is 3.76. The Morgan fingerprint density at radius 1 is 1.29 bits per heavy atom. The van der Waals surface area contributed by atoms with E-state index in [9.17, 15) is 9.59 Å². The maximum atomic E-state index is 12.0. The van der Waals surface area contributed by atoms with Crippen molar-refractivity contribution < 1.29 is 19.1 Å². The van der Waals surface area contributed by atoms with Gasteiger partial charge in [-0.05, 0) is 44.6 Å². The Bertz CT molecular complexity index is 490. The lowest BCUT2D eigenvalue weighted by Crippen LogP contribution is -2.27. The van der Waals surface area contributed by atoms with E-state index in [1.54, 1.807) is 13.0 Å². The molecule has 1 rings (SSSR count). The number of carboxylic acids is 1. The van der Waals surface area contributed by atoms with Gasteiger partial charge in [-0.15, -0.1) is 0 Å². The quantitative estimate of drug-likeness (QED) is 0.772. The van der Waals surface area contributed by atoms with Crippen molar-refractivity contribution in [2.45, 2.75) is 47.0 Å². The molecule has 1 aromatic rings. The topological polar surface area (TPSA) is 79.5 Å². The van der Waals surface area contributed by atoms with Gasteiger partial charge in [0.15, 0.2) is 0 Å². The van der Waals surface area contributed by atoms with Crippen LogP contribution < -0.4 is 5.32 Å². The SMILES string of the molecule is Cc1cc(C(=O)NCCC(CCC(=O)O)C(C)C)c(C)o1. The summed E-state index contributed by atoms with van der Waals surface area (Å²) in [6, 6.07) is 1.73. The first-order chi connectivity index (χ1) is 9.81. The molecule has 0 aromatic carbocycles. The smallest absolute Gasteiger partial charge is 0.303 e. The van der Waals surface area contributed by atoms with E-state index in [0.29, 0.717) is 36.1 Å². The highest BCUT2D eigenvalue weighted by Crippen LogP contribution is 2.20. The van der Waals surface area contributed by atoms with Crippen molar-refractivity contribution in [1.29, 1.82) is 0 Å². The van der Waals surface area contributed by atoms with Crippen molar-refractivity contribution in [3.8, 4) is 0 Å². The number of furan rings is 1. The van der Waals surface area contributed by atoms with Gasteiger partial charge >= 0.3 is 5.97 Å². The van der Waals surface area contributed by atoms with Gasteiger partial charge in [0.25, 0.3) is 5.91 Å². The average molecular weight is 295 g/mol. The van der Waals surface area contributed by atoms with Crippen molar-refractivity contribution in [2.24, 2.45) is 11.8 Å². The average Bonchev–Trinajstić information content (AvgIpc) is 2.71. The number of carbonyl (C=O) groups is 2. The van der Waals surface area contributed by atoms with Crippen LogP contribution in [0.25, 0.3) is 0 Å². The van der Waals surface area contributed by atoms with Crippen molar-refractivity contribution in [3.05, 3.63) is 23.2 Å². The van der Waals surface area contributed by atoms with E-state index in [4.69, 9.17) is 9.52 Å². The van der Waals surface area contributed by atoms with E-state index in [1.165, 1.54) is 0 Å². The molecular formula is C16H25NO4. The Kier molecular flexibility index (Phi) is 6.46. The molecule has 1 unspecified atom stereocenters. The third-order valence-electron chi connectivity index (χ3n) is 3.76. The van der Waals surface area contributed by atoms with Crippen molar-refractivity contribution >= 4 is 11.9 Å². The van der Waals surface area contributed by atoms with Gasteiger partial charge in [-0.3, -0.25) is 9.59 Å². The Morgan fingerprint density at radius 3 is 2.43 bits per heavy atom. The van der Waals surface area contributed by atoms with Gasteiger partial charge in [-0.1, -0.05) is 13.8 Å². The first kappa shape index (κ1) is 17.3. The molecule has 0 radical (unpaired) electrons. The summed E-state index contributed by atoms with van der Waals surface area (Å²) in [6.07, 6.45) is 1.61. The number of carbonyl (C=O) groups excluding carboxylic acids is 1. The Morgan fingerprint density at radius 2 is 1.95 bits per heavy atom. The van der Waals surface area contributed by atoms with Gasteiger partial charge in [-0.25, -0.2) is 0 Å². The minimum atomic E-state index is -0.769. The van der Waals surface area contributed by atoms with Crippen molar-refractivity contribution in [2.75, 3.05) is 6.54 Å². The van der Waals surface area contributed by atoms with Gasteiger partial charge in [0.05, 0.1) is 5.56 Å². The van der Waals surface area contributed by atoms with Crippen LogP contribution >= 0.6 is 0 Å². The summed E-state index contributed by atoms with van der Waals surface area (Å²) in [5.74, 6) is 1.14. The van der Waals surface area contributed by atoms with E-state index in [0.717, 1.165) is 12.2 Å². The molecule has 5 nitrogen and oxygen atoms in total. The first-order valence-electron chi connectivity index (χ1n) is 7.38. The number of hydrogen-bond acceptors (Lipinski definition) is 3. The van der Waals surface area contributed by atoms with Crippen LogP contribution in [0.3, 0.4) is 0 Å². The third kappa shape index (κ3) is 5.61. The van der Waals surface area contributed by atoms with Crippen LogP contribution in [-0.2, 0) is 4.79 Å². The first-order valence-corrected chi connectivity index (χ1v) is 7.38. The molecule has 0 saturated heterocycles. The maximum absolute atomic E-state index is 12.0. The van der Waals surface area contributed by atoms with Gasteiger partial charge in [0.2, 0.25) is 0 Å². The summed E-state index contributed by atoms with van der Waals surface area (Å²) in [6.45, 7) is 8.29. The Labute approximate surface area is 125 Å². The zero-order valence-corrected chi connectivity index (χ0v) is 13.2. The highest BCUT2D eigenvalue weighted by Gasteiger charge is 2.17. The monoisotopic (exact) mass is 295 g/mol. The molecule has 0 fully saturated rings. The standard InChI is InChI=1S/C16H25NO4/c1-10(2)13(5-6-15(18)19)7-8-17-16(20)14-9-11(3)21-12(14)4/h9-10,13H,5-8H2,1-4H3,(H,17,20)(H,18,19). The number of rotatable bonds is 8. The summed E-state index contributed by atoms with van der Waals surface area (Å²) in [5.41, 5.74) is 0.569. The largest absolute Gasteiger partial charge is 0.481 e. The Hall–Kier alpha value is -1.78. The van der Waals surface area contributed by atoms with Crippen LogP contribution in [0, 0.1) is 25.7 Å². The highest BCUT2D eigenvalue weighted by molar-refractivity contribution is 5.95. The normalized spacial score (nSPS) is 12.4. The number of amides is 1. The zero-order chi connectivity index (χ0) is 16.0. The van der Waals surface area contributed by atoms with E-state index < -0.39 is 5.97 Å². The molecule has 1 amide bonds. The fourth-order valence-corrected chi connectivity index (χ4v) is 2.44. The van der Waals surface area contributed by atoms with Gasteiger partial charge in [0.1, 0.15) is 11.5 Å². The Balaban J connectivity index is 2.44. The number of carboxylic acid groups (broad SMARTS) is 1. The molecule has 0 bridgehead atoms. The molecule has 1 aromatic heterocycles. The number of hydrogen-bond donors (Lipinski definition) is 2. The van der Waals surface area contributed by atoms with E-state index >= 15 is 0 Å². The molecule has 0 saturated carbocycles. The fraction of sp³-hybridized carbons (Fsp3) is 0.625. The molecule has 21 heavy (non-hydrogen) atoms. The maximum Gasteiger partial charge on any atom is 0.303 e. The molecule has 2 N–H and O–H groups in total. The molecule has 118 valence electrons. The lowest BCUT2D eigenvalue weighted by atomic mass is 9.88. The van der Waals surface area contributed by atoms with E-state index in [2.05, 4.69) is 19.2 Å². The molecular weight excluding hydrogens is 270 g/mol. The second kappa shape index (κ2) is 7.86. The van der Waals surface area contributed by atoms with Gasteiger partial charge in [0, 0.05) is 13.0 Å². The van der Waals surface area contributed by atoms with Gasteiger partial charge in [-0.2, -0.15) is 0 Å². The summed E-state index contributed by atoms with van der Waals surface area (Å²) in [4.78, 5) is 22.7. The number of aliphatic carboxylic acids is 1. The number of aryl methyl sites for hydroxylation is 2. The minimum absolute atomic E-state index is 0.134. The molecule has 0 aliphatic rings. The minimum Gasteiger partial charge on any atom is -0.481 e. The lowest BCUT2D eigenvalue weighted by Gasteiger charge is -2.20. The molecule has 1 heterocycles. The van der Waals surface area contributed by atoms with Crippen LogP contribution in [0.5, 0.6) is 0 Å². The van der Waals surface area contributed by atoms with Crippen molar-refractivity contribution in [3.63, 3.8) is 0 Å². The second-order valence-electron chi connectivity index (χ2n) is 5.81. The van der Waals surface area contributed by atoms with Crippen molar-refractivity contribution in [1.82, 2.24) is 5.32 Å². The molecule has 1 atom stereocenters. The van der Waals surface area contributed by atoms with E-state index in [-0.39, 0.29) is 12.3 Å². The number of nitrogens with one attached hydrogen (secondary N) is 1. The van der Waals surface area contributed by atoms with Gasteiger partial charge < -0.3 is 14.8 Å². The molecule has 0 spiro atoms. The van der Waals surface area contributed by atoms with Crippen LogP contribution in [0.1, 0.15) is 55.0 Å². The highest BCUT2D eigenvalue weighted by atomic mass is 16.4. The second-order valence-corrected chi connectivity index (χ2v) is 5.81. The van der Waals surface area contributed by atoms with Crippen LogP contribution in [0.2, 0.25) is 0 Å². The summed E-state index contributed by atoms with van der Waals surface area (Å²) < 4.78 is 5.34. The molecule has 0 aliphatic heterocycles. The van der Waals surface area contributed by atoms with Crippen LogP contribution in [0.15, 0.2) is 10.5 Å². The zero-order valence-electron chi connectivity index (χ0n) is 13.2. The summed E-state index contributed by atoms with van der Waals surface area (Å²) in [5, 5.41) is 11.6. The molecule has 0 aliphatic carbocycles. The summed E-state index contributed by atoms with van der Waals surface area (Å²) in [7, 11) is 0. The van der Waals surface area contributed by atoms with E-state index in [1.807, 2.05) is 6.92 Å². The fourth-order valence-electron chi connectivity index (χ4n) is 2.44.